The van der Waals surface area contributed by atoms with Crippen molar-refractivity contribution in [3.8, 4) is 17.0 Å². The molecule has 1 atom stereocenters. The summed E-state index contributed by atoms with van der Waals surface area (Å²) in [5.41, 5.74) is 2.66. The van der Waals surface area contributed by atoms with Crippen molar-refractivity contribution in [1.29, 1.82) is 0 Å². The SMILES string of the molecule is CCCCOc1cccc(-c2nc(C3CCOC3)n3ccnc(Cl)c23)c1. The number of rotatable bonds is 6. The van der Waals surface area contributed by atoms with Gasteiger partial charge in [-0.25, -0.2) is 9.97 Å². The second-order valence-electron chi connectivity index (χ2n) is 6.55. The summed E-state index contributed by atoms with van der Waals surface area (Å²) in [6, 6.07) is 8.02. The minimum atomic E-state index is 0.277. The number of ether oxygens (including phenoxy) is 2. The van der Waals surface area contributed by atoms with Gasteiger partial charge >= 0.3 is 0 Å². The van der Waals surface area contributed by atoms with Crippen LogP contribution in [0.15, 0.2) is 36.7 Å². The molecule has 4 rings (SSSR count). The van der Waals surface area contributed by atoms with Crippen molar-refractivity contribution in [2.24, 2.45) is 0 Å². The Hall–Kier alpha value is -2.11. The van der Waals surface area contributed by atoms with Gasteiger partial charge in [0.1, 0.15) is 17.1 Å². The summed E-state index contributed by atoms with van der Waals surface area (Å²) in [5, 5.41) is 0.456. The molecule has 1 fully saturated rings. The molecule has 0 radical (unpaired) electrons. The third-order valence-corrected chi connectivity index (χ3v) is 4.98. The van der Waals surface area contributed by atoms with E-state index in [9.17, 15) is 0 Å². The topological polar surface area (TPSA) is 48.7 Å². The lowest BCUT2D eigenvalue weighted by Crippen LogP contribution is -2.03. The van der Waals surface area contributed by atoms with Gasteiger partial charge in [-0.2, -0.15) is 0 Å². The third-order valence-electron chi connectivity index (χ3n) is 4.71. The number of nitrogens with zero attached hydrogens (tertiary/aromatic N) is 3. The Kier molecular flexibility index (Phi) is 5.09. The van der Waals surface area contributed by atoms with Gasteiger partial charge in [-0.3, -0.25) is 4.40 Å². The average Bonchev–Trinajstić information content (AvgIpc) is 3.30. The van der Waals surface area contributed by atoms with Crippen LogP contribution in [-0.2, 0) is 4.74 Å². The smallest absolute Gasteiger partial charge is 0.155 e. The van der Waals surface area contributed by atoms with Crippen LogP contribution in [0.25, 0.3) is 16.8 Å². The number of halogens is 1. The minimum absolute atomic E-state index is 0.277. The van der Waals surface area contributed by atoms with Gasteiger partial charge in [0.25, 0.3) is 0 Å². The Morgan fingerprint density at radius 3 is 3.12 bits per heavy atom. The lowest BCUT2D eigenvalue weighted by Gasteiger charge is -2.07. The highest BCUT2D eigenvalue weighted by molar-refractivity contribution is 6.33. The maximum absolute atomic E-state index is 6.44. The molecule has 26 heavy (non-hydrogen) atoms. The molecule has 1 aromatic carbocycles. The molecule has 0 N–H and O–H groups in total. The Morgan fingerprint density at radius 2 is 2.31 bits per heavy atom. The minimum Gasteiger partial charge on any atom is -0.494 e. The van der Waals surface area contributed by atoms with Gasteiger partial charge < -0.3 is 9.47 Å². The summed E-state index contributed by atoms with van der Waals surface area (Å²) in [5.74, 6) is 2.11. The number of unbranched alkanes of at least 4 members (excludes halogenated alkanes) is 1. The number of hydrogen-bond acceptors (Lipinski definition) is 4. The molecule has 1 saturated heterocycles. The van der Waals surface area contributed by atoms with Crippen LogP contribution in [0.3, 0.4) is 0 Å². The number of benzene rings is 1. The van der Waals surface area contributed by atoms with E-state index in [1.807, 2.05) is 30.5 Å². The van der Waals surface area contributed by atoms with E-state index in [1.165, 1.54) is 0 Å². The standard InChI is InChI=1S/C20H22ClN3O2/c1-2-3-10-26-16-6-4-5-14(12-16)17-18-19(21)22-8-9-24(18)20(23-17)15-7-11-25-13-15/h4-6,8-9,12,15H,2-3,7,10-11,13H2,1H3. The highest BCUT2D eigenvalue weighted by atomic mass is 35.5. The van der Waals surface area contributed by atoms with Gasteiger partial charge in [0.15, 0.2) is 5.15 Å². The van der Waals surface area contributed by atoms with Gasteiger partial charge in [0.2, 0.25) is 0 Å². The van der Waals surface area contributed by atoms with Gasteiger partial charge in [-0.05, 0) is 25.0 Å². The normalized spacial score (nSPS) is 17.1. The van der Waals surface area contributed by atoms with E-state index >= 15 is 0 Å². The molecule has 1 aliphatic heterocycles. The number of hydrogen-bond donors (Lipinski definition) is 0. The maximum atomic E-state index is 6.44. The molecular formula is C20H22ClN3O2. The van der Waals surface area contributed by atoms with Gasteiger partial charge in [-0.1, -0.05) is 37.1 Å². The molecule has 6 heteroatoms. The second-order valence-corrected chi connectivity index (χ2v) is 6.90. The summed E-state index contributed by atoms with van der Waals surface area (Å²) < 4.78 is 13.5. The second kappa shape index (κ2) is 7.64. The molecule has 3 aromatic rings. The summed E-state index contributed by atoms with van der Waals surface area (Å²) in [4.78, 5) is 9.20. The Labute approximate surface area is 157 Å². The summed E-state index contributed by atoms with van der Waals surface area (Å²) in [6.45, 7) is 4.34. The van der Waals surface area contributed by atoms with Crippen LogP contribution in [0.1, 0.15) is 37.9 Å². The van der Waals surface area contributed by atoms with Crippen molar-refractivity contribution in [3.05, 3.63) is 47.6 Å². The zero-order valence-corrected chi connectivity index (χ0v) is 15.6. The first-order valence-electron chi connectivity index (χ1n) is 9.11. The van der Waals surface area contributed by atoms with Crippen molar-refractivity contribution in [2.75, 3.05) is 19.8 Å². The van der Waals surface area contributed by atoms with E-state index in [4.69, 9.17) is 26.1 Å². The average molecular weight is 372 g/mol. The summed E-state index contributed by atoms with van der Waals surface area (Å²) >= 11 is 6.44. The fourth-order valence-electron chi connectivity index (χ4n) is 3.32. The van der Waals surface area contributed by atoms with E-state index in [1.54, 1.807) is 6.20 Å². The monoisotopic (exact) mass is 371 g/mol. The maximum Gasteiger partial charge on any atom is 0.155 e. The first-order chi connectivity index (χ1) is 12.8. The third kappa shape index (κ3) is 3.29. The number of imidazole rings is 1. The zero-order chi connectivity index (χ0) is 17.9. The Balaban J connectivity index is 1.77. The molecule has 0 spiro atoms. The van der Waals surface area contributed by atoms with Crippen molar-refractivity contribution in [3.63, 3.8) is 0 Å². The highest BCUT2D eigenvalue weighted by Crippen LogP contribution is 2.34. The van der Waals surface area contributed by atoms with Crippen LogP contribution in [0.4, 0.5) is 0 Å². The van der Waals surface area contributed by atoms with Crippen LogP contribution in [0.5, 0.6) is 5.75 Å². The number of fused-ring (bicyclic) bond motifs is 1. The van der Waals surface area contributed by atoms with Crippen molar-refractivity contribution < 1.29 is 9.47 Å². The Morgan fingerprint density at radius 1 is 1.38 bits per heavy atom. The largest absolute Gasteiger partial charge is 0.494 e. The van der Waals surface area contributed by atoms with Crippen molar-refractivity contribution in [2.45, 2.75) is 32.1 Å². The van der Waals surface area contributed by atoms with Crippen LogP contribution in [0.2, 0.25) is 5.15 Å². The van der Waals surface area contributed by atoms with Crippen LogP contribution < -0.4 is 4.74 Å². The molecule has 0 saturated carbocycles. The highest BCUT2D eigenvalue weighted by Gasteiger charge is 2.25. The summed E-state index contributed by atoms with van der Waals surface area (Å²) in [7, 11) is 0. The van der Waals surface area contributed by atoms with Gasteiger partial charge in [0.05, 0.1) is 18.9 Å². The summed E-state index contributed by atoms with van der Waals surface area (Å²) in [6.07, 6.45) is 6.76. The van der Waals surface area contributed by atoms with Gasteiger partial charge in [0, 0.05) is 30.5 Å². The quantitative estimate of drug-likeness (QED) is 0.587. The molecule has 2 aromatic heterocycles. The van der Waals surface area contributed by atoms with Crippen LogP contribution in [0, 0.1) is 0 Å². The van der Waals surface area contributed by atoms with Gasteiger partial charge in [-0.15, -0.1) is 0 Å². The van der Waals surface area contributed by atoms with Crippen LogP contribution in [-0.4, -0.2) is 34.2 Å². The van der Waals surface area contributed by atoms with Crippen molar-refractivity contribution in [1.82, 2.24) is 14.4 Å². The molecule has 5 nitrogen and oxygen atoms in total. The van der Waals surface area contributed by atoms with Crippen LogP contribution >= 0.6 is 11.6 Å². The molecule has 0 bridgehead atoms. The first kappa shape index (κ1) is 17.3. The van der Waals surface area contributed by atoms with E-state index < -0.39 is 0 Å². The predicted molar refractivity (Wildman–Crippen MR) is 102 cm³/mol. The molecule has 1 aliphatic rings. The predicted octanol–water partition coefficient (Wildman–Crippen LogP) is 4.73. The number of aromatic nitrogens is 3. The fourth-order valence-corrected chi connectivity index (χ4v) is 3.56. The lowest BCUT2D eigenvalue weighted by atomic mass is 10.1. The fraction of sp³-hybridized carbons (Fsp3) is 0.400. The van der Waals surface area contributed by atoms with E-state index in [-0.39, 0.29) is 5.92 Å². The molecule has 136 valence electrons. The van der Waals surface area contributed by atoms with E-state index in [2.05, 4.69) is 16.3 Å². The Bertz CT molecular complexity index is 903. The molecule has 3 heterocycles. The molecular weight excluding hydrogens is 350 g/mol. The van der Waals surface area contributed by atoms with E-state index in [0.29, 0.717) is 11.8 Å². The van der Waals surface area contributed by atoms with Crippen molar-refractivity contribution >= 4 is 17.1 Å². The molecule has 1 unspecified atom stereocenters. The van der Waals surface area contributed by atoms with E-state index in [0.717, 1.165) is 60.8 Å². The zero-order valence-electron chi connectivity index (χ0n) is 14.8. The first-order valence-corrected chi connectivity index (χ1v) is 9.49. The molecule has 0 aliphatic carbocycles. The lowest BCUT2D eigenvalue weighted by molar-refractivity contribution is 0.193. The molecule has 0 amide bonds.